The Labute approximate surface area is 217 Å². The normalized spacial score (nSPS) is 16.3. The van der Waals surface area contributed by atoms with Gasteiger partial charge < -0.3 is 20.2 Å². The van der Waals surface area contributed by atoms with E-state index in [1.165, 1.54) is 13.0 Å². The first-order valence-electron chi connectivity index (χ1n) is 12.4. The molecule has 0 unspecified atom stereocenters. The van der Waals surface area contributed by atoms with Crippen LogP contribution in [0.2, 0.25) is 0 Å². The number of aromatic nitrogens is 1. The zero-order valence-electron chi connectivity index (χ0n) is 21.0. The number of alkyl halides is 3. The second-order valence-corrected chi connectivity index (χ2v) is 9.81. The number of phenols is 1. The zero-order valence-corrected chi connectivity index (χ0v) is 21.0. The van der Waals surface area contributed by atoms with E-state index < -0.39 is 23.3 Å². The minimum Gasteiger partial charge on any atom is -0.507 e. The van der Waals surface area contributed by atoms with Gasteiger partial charge in [-0.2, -0.15) is 13.2 Å². The molecule has 0 aliphatic carbocycles. The highest BCUT2D eigenvalue weighted by atomic mass is 19.4. The number of para-hydroxylation sites is 1. The summed E-state index contributed by atoms with van der Waals surface area (Å²) in [6.45, 7) is 4.81. The zero-order chi connectivity index (χ0) is 27.2. The molecule has 1 aromatic heterocycles. The third kappa shape index (κ3) is 4.90. The number of halogens is 3. The van der Waals surface area contributed by atoms with Crippen molar-refractivity contribution in [3.8, 4) is 5.75 Å². The Bertz CT molecular complexity index is 1410. The lowest BCUT2D eigenvalue weighted by atomic mass is 9.97. The molecule has 0 spiro atoms. The van der Waals surface area contributed by atoms with E-state index >= 15 is 0 Å². The number of benzene rings is 2. The van der Waals surface area contributed by atoms with Crippen LogP contribution in [-0.2, 0) is 12.7 Å². The summed E-state index contributed by atoms with van der Waals surface area (Å²) in [5, 5.41) is 12.8. The summed E-state index contributed by atoms with van der Waals surface area (Å²) in [6.07, 6.45) is -3.37. The number of hydrogen-bond acceptors (Lipinski definition) is 5. The maximum absolute atomic E-state index is 13.4. The third-order valence-corrected chi connectivity index (χ3v) is 7.16. The number of ketones is 1. The lowest BCUT2D eigenvalue weighted by molar-refractivity contribution is -0.138. The van der Waals surface area contributed by atoms with Crippen LogP contribution in [0.4, 0.5) is 29.5 Å². The molecule has 1 fully saturated rings. The summed E-state index contributed by atoms with van der Waals surface area (Å²) in [5.41, 5.74) is 1.26. The maximum atomic E-state index is 13.4. The molecule has 3 aromatic rings. The van der Waals surface area contributed by atoms with Gasteiger partial charge in [-0.05, 0) is 68.1 Å². The van der Waals surface area contributed by atoms with Crippen molar-refractivity contribution in [2.24, 2.45) is 0 Å². The molecule has 7 nitrogen and oxygen atoms in total. The number of anilines is 2. The number of phenolic OH excluding ortho intramolecular Hbond substituents is 1. The number of pyridine rings is 1. The SMILES string of the molecule is Cc1cc(C(=O)c2cc(C)c(O)c(C(F)(F)F)c2)cc(N2CCC(N3Cc4ccccc4NC3=O)CC2)n1. The van der Waals surface area contributed by atoms with Crippen LogP contribution in [0.25, 0.3) is 0 Å². The van der Waals surface area contributed by atoms with Gasteiger partial charge in [0.15, 0.2) is 5.78 Å². The van der Waals surface area contributed by atoms with Crippen molar-refractivity contribution in [1.29, 1.82) is 0 Å². The summed E-state index contributed by atoms with van der Waals surface area (Å²) in [4.78, 5) is 34.4. The standard InChI is InChI=1S/C28H27F3N4O3/c1-16-11-19(13-22(25(16)36)28(29,30)31)26(37)20-12-17(2)32-24(14-20)34-9-7-21(8-10-34)35-15-18-5-3-4-6-23(18)33-27(35)38/h3-6,11-14,21,36H,7-10,15H2,1-2H3,(H,33,38). The second kappa shape index (κ2) is 9.66. The highest BCUT2D eigenvalue weighted by Gasteiger charge is 2.36. The van der Waals surface area contributed by atoms with Gasteiger partial charge in [0.1, 0.15) is 11.6 Å². The predicted octanol–water partition coefficient (Wildman–Crippen LogP) is 5.67. The molecule has 2 N–H and O–H groups in total. The number of urea groups is 1. The van der Waals surface area contributed by atoms with Gasteiger partial charge in [-0.1, -0.05) is 18.2 Å². The van der Waals surface area contributed by atoms with Gasteiger partial charge in [0.05, 0.1) is 5.56 Å². The van der Waals surface area contributed by atoms with E-state index in [0.717, 1.165) is 11.3 Å². The summed E-state index contributed by atoms with van der Waals surface area (Å²) in [7, 11) is 0. The fourth-order valence-corrected chi connectivity index (χ4v) is 5.16. The van der Waals surface area contributed by atoms with E-state index in [2.05, 4.69) is 10.3 Å². The number of aromatic hydroxyl groups is 1. The van der Waals surface area contributed by atoms with Gasteiger partial charge in [0.2, 0.25) is 0 Å². The van der Waals surface area contributed by atoms with Crippen LogP contribution in [0.3, 0.4) is 0 Å². The lowest BCUT2D eigenvalue weighted by Crippen LogP contribution is -2.50. The lowest BCUT2D eigenvalue weighted by Gasteiger charge is -2.41. The van der Waals surface area contributed by atoms with E-state index in [9.17, 15) is 27.9 Å². The number of aryl methyl sites for hydroxylation is 2. The van der Waals surface area contributed by atoms with Crippen LogP contribution >= 0.6 is 0 Å². The molecule has 3 heterocycles. The van der Waals surface area contributed by atoms with Crippen molar-refractivity contribution in [2.45, 2.75) is 45.5 Å². The maximum Gasteiger partial charge on any atom is 0.419 e. The van der Waals surface area contributed by atoms with Crippen molar-refractivity contribution >= 4 is 23.3 Å². The highest BCUT2D eigenvalue weighted by Crippen LogP contribution is 2.38. The van der Waals surface area contributed by atoms with E-state index in [1.54, 1.807) is 19.1 Å². The molecule has 2 aliphatic rings. The van der Waals surface area contributed by atoms with E-state index in [1.807, 2.05) is 34.1 Å². The molecular weight excluding hydrogens is 497 g/mol. The largest absolute Gasteiger partial charge is 0.507 e. The summed E-state index contributed by atoms with van der Waals surface area (Å²) < 4.78 is 40.2. The van der Waals surface area contributed by atoms with Gasteiger partial charge in [-0.3, -0.25) is 4.79 Å². The van der Waals surface area contributed by atoms with Crippen LogP contribution < -0.4 is 10.2 Å². The van der Waals surface area contributed by atoms with Crippen LogP contribution in [-0.4, -0.2) is 45.9 Å². The average molecular weight is 525 g/mol. The Hall–Kier alpha value is -4.08. The predicted molar refractivity (Wildman–Crippen MR) is 136 cm³/mol. The fraction of sp³-hybridized carbons (Fsp3) is 0.321. The summed E-state index contributed by atoms with van der Waals surface area (Å²) in [5.74, 6) is -0.898. The van der Waals surface area contributed by atoms with Crippen molar-refractivity contribution in [3.05, 3.63) is 82.0 Å². The van der Waals surface area contributed by atoms with Crippen LogP contribution in [0, 0.1) is 13.8 Å². The Kier molecular flexibility index (Phi) is 6.50. The van der Waals surface area contributed by atoms with Gasteiger partial charge >= 0.3 is 12.2 Å². The number of fused-ring (bicyclic) bond motifs is 1. The minimum atomic E-state index is -4.79. The molecule has 38 heavy (non-hydrogen) atoms. The monoisotopic (exact) mass is 524 g/mol. The first kappa shape index (κ1) is 25.6. The van der Waals surface area contributed by atoms with Crippen LogP contribution in [0.1, 0.15) is 51.1 Å². The molecule has 10 heteroatoms. The number of rotatable bonds is 4. The number of hydrogen-bond donors (Lipinski definition) is 2. The molecule has 2 aliphatic heterocycles. The Morgan fingerprint density at radius 2 is 1.74 bits per heavy atom. The number of carbonyl (C=O) groups excluding carboxylic acids is 2. The second-order valence-electron chi connectivity index (χ2n) is 9.81. The van der Waals surface area contributed by atoms with E-state index in [4.69, 9.17) is 0 Å². The fourth-order valence-electron chi connectivity index (χ4n) is 5.16. The molecule has 1 saturated heterocycles. The molecule has 0 saturated carbocycles. The first-order valence-corrected chi connectivity index (χ1v) is 12.4. The quantitative estimate of drug-likeness (QED) is 0.430. The molecule has 0 radical (unpaired) electrons. The van der Waals surface area contributed by atoms with Gasteiger partial charge in [0, 0.05) is 48.2 Å². The number of nitrogens with one attached hydrogen (secondary N) is 1. The van der Waals surface area contributed by atoms with Crippen molar-refractivity contribution in [3.63, 3.8) is 0 Å². The average Bonchev–Trinajstić information content (AvgIpc) is 2.88. The first-order chi connectivity index (χ1) is 18.0. The Balaban J connectivity index is 1.33. The third-order valence-electron chi connectivity index (χ3n) is 7.16. The van der Waals surface area contributed by atoms with Crippen LogP contribution in [0.5, 0.6) is 5.75 Å². The van der Waals surface area contributed by atoms with Gasteiger partial charge in [-0.15, -0.1) is 0 Å². The van der Waals surface area contributed by atoms with Crippen LogP contribution in [0.15, 0.2) is 48.5 Å². The Morgan fingerprint density at radius 3 is 2.45 bits per heavy atom. The minimum absolute atomic E-state index is 0.0272. The molecule has 2 aromatic carbocycles. The number of piperidine rings is 1. The van der Waals surface area contributed by atoms with E-state index in [-0.39, 0.29) is 28.8 Å². The smallest absolute Gasteiger partial charge is 0.419 e. The molecule has 5 rings (SSSR count). The molecule has 0 bridgehead atoms. The Morgan fingerprint density at radius 1 is 1.05 bits per heavy atom. The van der Waals surface area contributed by atoms with E-state index in [0.29, 0.717) is 50.1 Å². The topological polar surface area (TPSA) is 85.8 Å². The summed E-state index contributed by atoms with van der Waals surface area (Å²) in [6, 6.07) is 12.7. The number of carbonyl (C=O) groups is 2. The number of nitrogens with zero attached hydrogens (tertiary/aromatic N) is 3. The molecule has 198 valence electrons. The molecule has 0 atom stereocenters. The van der Waals surface area contributed by atoms with Crippen molar-refractivity contribution < 1.29 is 27.9 Å². The number of amides is 2. The molecular formula is C28H27F3N4O3. The van der Waals surface area contributed by atoms with Gasteiger partial charge in [0.25, 0.3) is 0 Å². The van der Waals surface area contributed by atoms with Gasteiger partial charge in [-0.25, -0.2) is 9.78 Å². The van der Waals surface area contributed by atoms with Crippen molar-refractivity contribution in [2.75, 3.05) is 23.3 Å². The molecule has 2 amide bonds. The van der Waals surface area contributed by atoms with Crippen molar-refractivity contribution in [1.82, 2.24) is 9.88 Å². The highest BCUT2D eigenvalue weighted by molar-refractivity contribution is 6.09. The summed E-state index contributed by atoms with van der Waals surface area (Å²) >= 11 is 0.